The smallest absolute Gasteiger partial charge is 0.0511 e. The van der Waals surface area contributed by atoms with Gasteiger partial charge in [0.1, 0.15) is 0 Å². The Bertz CT molecular complexity index is 454. The van der Waals surface area contributed by atoms with Crippen LogP contribution in [0.15, 0.2) is 22.7 Å². The zero-order valence-electron chi connectivity index (χ0n) is 11.2. The molecule has 98 valence electrons. The molecule has 0 bridgehead atoms. The number of aryl methyl sites for hydroxylation is 1. The molecule has 1 N–H and O–H groups in total. The van der Waals surface area contributed by atoms with Crippen LogP contribution < -0.4 is 10.2 Å². The van der Waals surface area contributed by atoms with Crippen LogP contribution in [0.3, 0.4) is 0 Å². The monoisotopic (exact) mass is 308 g/mol. The summed E-state index contributed by atoms with van der Waals surface area (Å²) in [7, 11) is 0. The minimum absolute atomic E-state index is 0.551. The molecule has 1 spiro atoms. The second-order valence-corrected chi connectivity index (χ2v) is 6.97. The van der Waals surface area contributed by atoms with Gasteiger partial charge >= 0.3 is 0 Å². The lowest BCUT2D eigenvalue weighted by Crippen LogP contribution is -2.35. The van der Waals surface area contributed by atoms with Gasteiger partial charge in [0.25, 0.3) is 0 Å². The molecule has 0 amide bonds. The summed E-state index contributed by atoms with van der Waals surface area (Å²) in [5.74, 6) is 0. The predicted molar refractivity (Wildman–Crippen MR) is 80.2 cm³/mol. The van der Waals surface area contributed by atoms with Gasteiger partial charge in [-0.25, -0.2) is 0 Å². The topological polar surface area (TPSA) is 15.3 Å². The summed E-state index contributed by atoms with van der Waals surface area (Å²) < 4.78 is 1.23. The van der Waals surface area contributed by atoms with Crippen LogP contribution in [0.1, 0.15) is 25.3 Å². The second kappa shape index (κ2) is 4.53. The van der Waals surface area contributed by atoms with Gasteiger partial charge < -0.3 is 10.2 Å². The van der Waals surface area contributed by atoms with Gasteiger partial charge in [-0.3, -0.25) is 0 Å². The van der Waals surface area contributed by atoms with Crippen LogP contribution in [0.5, 0.6) is 0 Å². The van der Waals surface area contributed by atoms with Crippen LogP contribution in [0.2, 0.25) is 0 Å². The SMILES string of the molecule is Cc1ccc(N2CC(C)NCC3(CC3)C2)c(Br)c1. The van der Waals surface area contributed by atoms with E-state index < -0.39 is 0 Å². The van der Waals surface area contributed by atoms with E-state index in [1.54, 1.807) is 0 Å². The minimum Gasteiger partial charge on any atom is -0.368 e. The number of hydrogen-bond acceptors (Lipinski definition) is 2. The maximum absolute atomic E-state index is 3.72. The molecule has 1 saturated carbocycles. The largest absolute Gasteiger partial charge is 0.368 e. The normalized spacial score (nSPS) is 26.2. The first kappa shape index (κ1) is 12.5. The Morgan fingerprint density at radius 3 is 2.83 bits per heavy atom. The lowest BCUT2D eigenvalue weighted by molar-refractivity contribution is 0.479. The summed E-state index contributed by atoms with van der Waals surface area (Å²) in [6.07, 6.45) is 2.76. The molecule has 1 saturated heterocycles. The average molecular weight is 309 g/mol. The van der Waals surface area contributed by atoms with Crippen molar-refractivity contribution in [2.75, 3.05) is 24.5 Å². The Morgan fingerprint density at radius 2 is 2.17 bits per heavy atom. The van der Waals surface area contributed by atoms with Crippen molar-refractivity contribution in [2.45, 2.75) is 32.7 Å². The molecule has 1 aromatic rings. The van der Waals surface area contributed by atoms with E-state index in [1.807, 2.05) is 0 Å². The van der Waals surface area contributed by atoms with Gasteiger partial charge in [-0.2, -0.15) is 0 Å². The maximum Gasteiger partial charge on any atom is 0.0511 e. The molecule has 2 aliphatic rings. The summed E-state index contributed by atoms with van der Waals surface area (Å²) in [5, 5.41) is 3.67. The van der Waals surface area contributed by atoms with Crippen LogP contribution in [0.4, 0.5) is 5.69 Å². The lowest BCUT2D eigenvalue weighted by atomic mass is 10.1. The third kappa shape index (κ3) is 2.43. The van der Waals surface area contributed by atoms with E-state index in [0.717, 1.165) is 6.54 Å². The van der Waals surface area contributed by atoms with Crippen molar-refractivity contribution in [1.82, 2.24) is 5.32 Å². The average Bonchev–Trinajstić information content (AvgIpc) is 3.08. The first-order valence-electron chi connectivity index (χ1n) is 6.83. The quantitative estimate of drug-likeness (QED) is 0.856. The number of nitrogens with zero attached hydrogens (tertiary/aromatic N) is 1. The van der Waals surface area contributed by atoms with E-state index in [9.17, 15) is 0 Å². The molecule has 2 nitrogen and oxygen atoms in total. The summed E-state index contributed by atoms with van der Waals surface area (Å²) >= 11 is 3.72. The first-order chi connectivity index (χ1) is 8.58. The minimum atomic E-state index is 0.551. The molecular formula is C15H21BrN2. The van der Waals surface area contributed by atoms with Crippen LogP contribution in [-0.4, -0.2) is 25.7 Å². The fourth-order valence-electron chi connectivity index (χ4n) is 2.87. The summed E-state index contributed by atoms with van der Waals surface area (Å²) in [6.45, 7) is 7.92. The summed E-state index contributed by atoms with van der Waals surface area (Å²) in [6, 6.07) is 7.26. The van der Waals surface area contributed by atoms with E-state index in [2.05, 4.69) is 58.2 Å². The molecule has 1 unspecified atom stereocenters. The molecule has 18 heavy (non-hydrogen) atoms. The Morgan fingerprint density at radius 1 is 1.39 bits per heavy atom. The van der Waals surface area contributed by atoms with E-state index in [1.165, 1.54) is 41.7 Å². The van der Waals surface area contributed by atoms with Crippen molar-refractivity contribution in [3.05, 3.63) is 28.2 Å². The highest BCUT2D eigenvalue weighted by Gasteiger charge is 2.45. The Kier molecular flexibility index (Phi) is 3.15. The second-order valence-electron chi connectivity index (χ2n) is 6.12. The van der Waals surface area contributed by atoms with Crippen molar-refractivity contribution < 1.29 is 0 Å². The summed E-state index contributed by atoms with van der Waals surface area (Å²) in [5.41, 5.74) is 3.21. The van der Waals surface area contributed by atoms with E-state index in [0.29, 0.717) is 11.5 Å². The van der Waals surface area contributed by atoms with Crippen molar-refractivity contribution in [3.8, 4) is 0 Å². The fourth-order valence-corrected chi connectivity index (χ4v) is 3.62. The fraction of sp³-hybridized carbons (Fsp3) is 0.600. The van der Waals surface area contributed by atoms with Gasteiger partial charge in [0.2, 0.25) is 0 Å². The maximum atomic E-state index is 3.72. The first-order valence-corrected chi connectivity index (χ1v) is 7.62. The molecule has 1 heterocycles. The lowest BCUT2D eigenvalue weighted by Gasteiger charge is -2.28. The molecule has 1 aromatic carbocycles. The van der Waals surface area contributed by atoms with Crippen LogP contribution in [-0.2, 0) is 0 Å². The third-order valence-corrected chi connectivity index (χ3v) is 4.88. The molecule has 1 aliphatic carbocycles. The van der Waals surface area contributed by atoms with Crippen molar-refractivity contribution in [1.29, 1.82) is 0 Å². The van der Waals surface area contributed by atoms with Crippen molar-refractivity contribution in [3.63, 3.8) is 0 Å². The van der Waals surface area contributed by atoms with E-state index in [4.69, 9.17) is 0 Å². The van der Waals surface area contributed by atoms with E-state index in [-0.39, 0.29) is 0 Å². The van der Waals surface area contributed by atoms with Crippen LogP contribution in [0.25, 0.3) is 0 Å². The van der Waals surface area contributed by atoms with Gasteiger partial charge in [0, 0.05) is 35.6 Å². The highest BCUT2D eigenvalue weighted by atomic mass is 79.9. The van der Waals surface area contributed by atoms with Crippen LogP contribution >= 0.6 is 15.9 Å². The third-order valence-electron chi connectivity index (χ3n) is 4.25. The zero-order valence-corrected chi connectivity index (χ0v) is 12.8. The Balaban J connectivity index is 1.88. The number of nitrogens with one attached hydrogen (secondary N) is 1. The highest BCUT2D eigenvalue weighted by molar-refractivity contribution is 9.10. The number of benzene rings is 1. The Labute approximate surface area is 118 Å². The standard InChI is InChI=1S/C15H21BrN2/c1-11-3-4-14(13(16)7-11)18-8-12(2)17-9-15(10-18)5-6-15/h3-4,7,12,17H,5-6,8-10H2,1-2H3. The molecule has 3 heteroatoms. The summed E-state index contributed by atoms with van der Waals surface area (Å²) in [4.78, 5) is 2.56. The van der Waals surface area contributed by atoms with Gasteiger partial charge in [0.15, 0.2) is 0 Å². The van der Waals surface area contributed by atoms with Crippen molar-refractivity contribution in [2.24, 2.45) is 5.41 Å². The molecule has 1 atom stereocenters. The van der Waals surface area contributed by atoms with Gasteiger partial charge in [-0.15, -0.1) is 0 Å². The molecule has 0 aromatic heterocycles. The Hall–Kier alpha value is -0.540. The highest BCUT2D eigenvalue weighted by Crippen LogP contribution is 2.47. The van der Waals surface area contributed by atoms with Crippen LogP contribution in [0, 0.1) is 12.3 Å². The van der Waals surface area contributed by atoms with Gasteiger partial charge in [-0.05, 0) is 60.3 Å². The predicted octanol–water partition coefficient (Wildman–Crippen LogP) is 3.34. The number of halogens is 1. The zero-order chi connectivity index (χ0) is 12.8. The van der Waals surface area contributed by atoms with E-state index >= 15 is 0 Å². The molecular weight excluding hydrogens is 288 g/mol. The van der Waals surface area contributed by atoms with Gasteiger partial charge in [0.05, 0.1) is 5.69 Å². The van der Waals surface area contributed by atoms with Crippen molar-refractivity contribution >= 4 is 21.6 Å². The molecule has 3 rings (SSSR count). The number of hydrogen-bond donors (Lipinski definition) is 1. The molecule has 2 fully saturated rings. The number of anilines is 1. The van der Waals surface area contributed by atoms with Gasteiger partial charge in [-0.1, -0.05) is 6.07 Å². The molecule has 0 radical (unpaired) electrons. The molecule has 1 aliphatic heterocycles. The number of rotatable bonds is 1.